The average molecular weight is 364 g/mol. The summed E-state index contributed by atoms with van der Waals surface area (Å²) in [4.78, 5) is 27.6. The van der Waals surface area contributed by atoms with Gasteiger partial charge in [0.2, 0.25) is 5.91 Å². The van der Waals surface area contributed by atoms with Gasteiger partial charge in [-0.25, -0.2) is 4.79 Å². The normalized spacial score (nSPS) is 10.8. The molecule has 1 rings (SSSR count). The minimum atomic E-state index is -0.494. The summed E-state index contributed by atoms with van der Waals surface area (Å²) in [5.74, 6) is 0.0683. The first kappa shape index (κ1) is 21.8. The van der Waals surface area contributed by atoms with E-state index in [1.165, 1.54) is 0 Å². The van der Waals surface area contributed by atoms with Gasteiger partial charge < -0.3 is 25.6 Å². The van der Waals surface area contributed by atoms with Crippen LogP contribution in [0.3, 0.4) is 0 Å². The summed E-state index contributed by atoms with van der Waals surface area (Å²) in [7, 11) is 0. The third-order valence-corrected chi connectivity index (χ3v) is 4.20. The molecule has 0 aromatic heterocycles. The number of primary amides is 1. The first-order valence-corrected chi connectivity index (χ1v) is 9.18. The number of ether oxygens (including phenoxy) is 1. The Balaban J connectivity index is 2.48. The molecule has 7 heteroatoms. The van der Waals surface area contributed by atoms with E-state index in [-0.39, 0.29) is 12.1 Å². The van der Waals surface area contributed by atoms with Gasteiger partial charge in [0.25, 0.3) is 0 Å². The molecule has 0 spiro atoms. The molecule has 3 N–H and O–H groups in total. The van der Waals surface area contributed by atoms with Gasteiger partial charge in [-0.2, -0.15) is 0 Å². The second kappa shape index (κ2) is 11.4. The van der Waals surface area contributed by atoms with Crippen molar-refractivity contribution in [3.63, 3.8) is 0 Å². The van der Waals surface area contributed by atoms with Crippen LogP contribution in [0, 0.1) is 0 Å². The molecule has 7 nitrogen and oxygen atoms in total. The number of benzene rings is 1. The largest absolute Gasteiger partial charge is 0.492 e. The Bertz CT molecular complexity index is 574. The molecule has 0 bridgehead atoms. The van der Waals surface area contributed by atoms with Crippen LogP contribution in [0.5, 0.6) is 5.75 Å². The number of hydrogen-bond acceptors (Lipinski definition) is 4. The summed E-state index contributed by atoms with van der Waals surface area (Å²) in [5.41, 5.74) is 5.67. The van der Waals surface area contributed by atoms with Gasteiger partial charge in [-0.15, -0.1) is 0 Å². The fourth-order valence-corrected chi connectivity index (χ4v) is 2.56. The number of nitrogens with two attached hydrogens (primary N) is 1. The van der Waals surface area contributed by atoms with Gasteiger partial charge in [-0.3, -0.25) is 4.79 Å². The van der Waals surface area contributed by atoms with E-state index in [2.05, 4.69) is 24.1 Å². The number of nitrogens with zero attached hydrogens (tertiary/aromatic N) is 2. The summed E-state index contributed by atoms with van der Waals surface area (Å²) in [6.45, 7) is 12.3. The highest BCUT2D eigenvalue weighted by atomic mass is 16.5. The number of amides is 3. The third kappa shape index (κ3) is 7.31. The van der Waals surface area contributed by atoms with Crippen molar-refractivity contribution in [3.8, 4) is 5.75 Å². The van der Waals surface area contributed by atoms with Crippen LogP contribution in [0.4, 0.5) is 4.79 Å². The van der Waals surface area contributed by atoms with Crippen molar-refractivity contribution in [1.29, 1.82) is 0 Å². The predicted octanol–water partition coefficient (Wildman–Crippen LogP) is 1.93. The first-order chi connectivity index (χ1) is 12.4. The first-order valence-electron chi connectivity index (χ1n) is 9.18. The molecule has 0 heterocycles. The van der Waals surface area contributed by atoms with Crippen molar-refractivity contribution in [2.24, 2.45) is 5.73 Å². The predicted molar refractivity (Wildman–Crippen MR) is 103 cm³/mol. The van der Waals surface area contributed by atoms with E-state index in [0.29, 0.717) is 31.0 Å². The molecule has 0 fully saturated rings. The molecule has 0 aliphatic rings. The zero-order valence-electron chi connectivity index (χ0n) is 16.3. The highest BCUT2D eigenvalue weighted by Gasteiger charge is 2.16. The lowest BCUT2D eigenvalue weighted by Crippen LogP contribution is -2.47. The molecule has 0 saturated heterocycles. The van der Waals surface area contributed by atoms with Gasteiger partial charge in [0.05, 0.1) is 6.54 Å². The molecule has 0 unspecified atom stereocenters. The van der Waals surface area contributed by atoms with Crippen molar-refractivity contribution in [1.82, 2.24) is 15.1 Å². The molecule has 146 valence electrons. The van der Waals surface area contributed by atoms with Gasteiger partial charge in [0, 0.05) is 24.7 Å². The monoisotopic (exact) mass is 364 g/mol. The second-order valence-electron chi connectivity index (χ2n) is 6.29. The fourth-order valence-electron chi connectivity index (χ4n) is 2.56. The Labute approximate surface area is 156 Å². The van der Waals surface area contributed by atoms with Gasteiger partial charge >= 0.3 is 6.03 Å². The lowest BCUT2D eigenvalue weighted by atomic mass is 10.2. The molecular weight excluding hydrogens is 332 g/mol. The number of hydrogen-bond donors (Lipinski definition) is 2. The van der Waals surface area contributed by atoms with Gasteiger partial charge in [-0.1, -0.05) is 19.9 Å². The van der Waals surface area contributed by atoms with Crippen molar-refractivity contribution >= 4 is 11.9 Å². The maximum absolute atomic E-state index is 12.4. The Morgan fingerprint density at radius 2 is 1.88 bits per heavy atom. The molecule has 26 heavy (non-hydrogen) atoms. The number of carbonyl (C=O) groups is 2. The lowest BCUT2D eigenvalue weighted by Gasteiger charge is -2.27. The minimum Gasteiger partial charge on any atom is -0.492 e. The zero-order chi connectivity index (χ0) is 19.5. The average Bonchev–Trinajstić information content (AvgIpc) is 2.62. The zero-order valence-corrected chi connectivity index (χ0v) is 16.3. The smallest absolute Gasteiger partial charge is 0.317 e. The van der Waals surface area contributed by atoms with E-state index >= 15 is 0 Å². The van der Waals surface area contributed by atoms with E-state index in [1.54, 1.807) is 29.2 Å². The van der Waals surface area contributed by atoms with Crippen molar-refractivity contribution in [2.75, 3.05) is 39.3 Å². The van der Waals surface area contributed by atoms with Crippen LogP contribution in [0.25, 0.3) is 0 Å². The van der Waals surface area contributed by atoms with Crippen molar-refractivity contribution in [3.05, 3.63) is 29.8 Å². The molecule has 3 amide bonds. The van der Waals surface area contributed by atoms with E-state index in [9.17, 15) is 9.59 Å². The van der Waals surface area contributed by atoms with Gasteiger partial charge in [0.15, 0.2) is 0 Å². The SMILES string of the molecule is CCN(CC)CCNC(=O)N(CCOc1cccc(C(N)=O)c1)C(C)C. The number of rotatable bonds is 11. The Morgan fingerprint density at radius 1 is 1.19 bits per heavy atom. The number of likely N-dealkylation sites (N-methyl/N-ethyl adjacent to an activating group) is 1. The summed E-state index contributed by atoms with van der Waals surface area (Å²) in [5, 5.41) is 2.96. The number of nitrogens with one attached hydrogen (secondary N) is 1. The topological polar surface area (TPSA) is 87.9 Å². The number of urea groups is 1. The lowest BCUT2D eigenvalue weighted by molar-refractivity contribution is 0.1000. The summed E-state index contributed by atoms with van der Waals surface area (Å²) < 4.78 is 5.67. The standard InChI is InChI=1S/C19H32N4O3/c1-5-22(6-2)11-10-21-19(25)23(15(3)4)12-13-26-17-9-7-8-16(14-17)18(20)24/h7-9,14-15H,5-6,10-13H2,1-4H3,(H2,20,24)(H,21,25). The maximum atomic E-state index is 12.4. The molecule has 0 aliphatic carbocycles. The van der Waals surface area contributed by atoms with Crippen LogP contribution in [0.2, 0.25) is 0 Å². The Hall–Kier alpha value is -2.28. The molecule has 1 aromatic rings. The highest BCUT2D eigenvalue weighted by Crippen LogP contribution is 2.13. The van der Waals surface area contributed by atoms with Crippen LogP contribution in [0.1, 0.15) is 38.1 Å². The van der Waals surface area contributed by atoms with Gasteiger partial charge in [-0.05, 0) is 45.1 Å². The van der Waals surface area contributed by atoms with Crippen LogP contribution in [-0.4, -0.2) is 67.1 Å². The van der Waals surface area contributed by atoms with Gasteiger partial charge in [0.1, 0.15) is 12.4 Å². The summed E-state index contributed by atoms with van der Waals surface area (Å²) in [6, 6.07) is 6.68. The van der Waals surface area contributed by atoms with Crippen LogP contribution in [-0.2, 0) is 0 Å². The molecule has 0 radical (unpaired) electrons. The van der Waals surface area contributed by atoms with E-state index < -0.39 is 5.91 Å². The molecule has 0 aliphatic heterocycles. The van der Waals surface area contributed by atoms with Crippen molar-refractivity contribution < 1.29 is 14.3 Å². The van der Waals surface area contributed by atoms with Crippen LogP contribution < -0.4 is 15.8 Å². The fraction of sp³-hybridized carbons (Fsp3) is 0.579. The Kier molecular flexibility index (Phi) is 9.51. The molecule has 0 atom stereocenters. The minimum absolute atomic E-state index is 0.0593. The third-order valence-electron chi connectivity index (χ3n) is 4.20. The summed E-state index contributed by atoms with van der Waals surface area (Å²) in [6.07, 6.45) is 0. The number of carbonyl (C=O) groups excluding carboxylic acids is 2. The van der Waals surface area contributed by atoms with E-state index in [0.717, 1.165) is 19.6 Å². The highest BCUT2D eigenvalue weighted by molar-refractivity contribution is 5.93. The molecule has 1 aromatic carbocycles. The Morgan fingerprint density at radius 3 is 2.46 bits per heavy atom. The molecule has 0 saturated carbocycles. The second-order valence-corrected chi connectivity index (χ2v) is 6.29. The van der Waals surface area contributed by atoms with Crippen molar-refractivity contribution in [2.45, 2.75) is 33.7 Å². The van der Waals surface area contributed by atoms with Crippen LogP contribution in [0.15, 0.2) is 24.3 Å². The van der Waals surface area contributed by atoms with Crippen LogP contribution >= 0.6 is 0 Å². The van der Waals surface area contributed by atoms with E-state index in [4.69, 9.17) is 10.5 Å². The van der Waals surface area contributed by atoms with E-state index in [1.807, 2.05) is 13.8 Å². The molecular formula is C19H32N4O3. The quantitative estimate of drug-likeness (QED) is 0.628. The summed E-state index contributed by atoms with van der Waals surface area (Å²) >= 11 is 0. The maximum Gasteiger partial charge on any atom is 0.317 e.